The summed E-state index contributed by atoms with van der Waals surface area (Å²) in [6.07, 6.45) is 10.6. The molecule has 0 spiro atoms. The van der Waals surface area contributed by atoms with Gasteiger partial charge in [-0.15, -0.1) is 0 Å². The zero-order valence-electron chi connectivity index (χ0n) is 13.2. The SMILES string of the molecule is CCCCC(CC)C(NCC)c1cnn(CCC)c1. The molecule has 0 saturated carbocycles. The van der Waals surface area contributed by atoms with Crippen LogP contribution in [0.3, 0.4) is 0 Å². The van der Waals surface area contributed by atoms with Crippen LogP contribution in [0.15, 0.2) is 12.4 Å². The first-order valence-electron chi connectivity index (χ1n) is 8.02. The molecule has 3 heteroatoms. The van der Waals surface area contributed by atoms with Gasteiger partial charge in [0.15, 0.2) is 0 Å². The molecule has 0 bridgehead atoms. The highest BCUT2D eigenvalue weighted by Crippen LogP contribution is 2.28. The van der Waals surface area contributed by atoms with Crippen molar-refractivity contribution in [3.63, 3.8) is 0 Å². The van der Waals surface area contributed by atoms with Gasteiger partial charge in [-0.25, -0.2) is 0 Å². The standard InChI is InChI=1S/C16H31N3/c1-5-9-10-14(7-3)16(17-8-4)15-12-18-19(13-15)11-6-2/h12-14,16-17H,5-11H2,1-4H3. The Morgan fingerprint density at radius 1 is 1.21 bits per heavy atom. The summed E-state index contributed by atoms with van der Waals surface area (Å²) >= 11 is 0. The number of hydrogen-bond acceptors (Lipinski definition) is 2. The maximum atomic E-state index is 4.48. The molecule has 0 saturated heterocycles. The number of unbranched alkanes of at least 4 members (excludes halogenated alkanes) is 1. The van der Waals surface area contributed by atoms with Gasteiger partial charge in [-0.1, -0.05) is 47.0 Å². The number of hydrogen-bond donors (Lipinski definition) is 1. The highest BCUT2D eigenvalue weighted by molar-refractivity contribution is 5.12. The molecule has 0 radical (unpaired) electrons. The highest BCUT2D eigenvalue weighted by atomic mass is 15.3. The Hall–Kier alpha value is -0.830. The van der Waals surface area contributed by atoms with E-state index in [2.05, 4.69) is 55.2 Å². The van der Waals surface area contributed by atoms with Crippen LogP contribution in [0.25, 0.3) is 0 Å². The van der Waals surface area contributed by atoms with Crippen molar-refractivity contribution in [2.75, 3.05) is 6.54 Å². The molecule has 2 unspecified atom stereocenters. The first-order valence-corrected chi connectivity index (χ1v) is 8.02. The maximum Gasteiger partial charge on any atom is 0.0537 e. The summed E-state index contributed by atoms with van der Waals surface area (Å²) in [5.41, 5.74) is 1.36. The van der Waals surface area contributed by atoms with Gasteiger partial charge in [0.25, 0.3) is 0 Å². The fourth-order valence-corrected chi connectivity index (χ4v) is 2.74. The molecule has 0 amide bonds. The lowest BCUT2D eigenvalue weighted by Crippen LogP contribution is -2.27. The molecule has 0 aliphatic carbocycles. The Balaban J connectivity index is 2.77. The van der Waals surface area contributed by atoms with Crippen LogP contribution in [0, 0.1) is 5.92 Å². The Morgan fingerprint density at radius 3 is 2.58 bits per heavy atom. The molecule has 110 valence electrons. The summed E-state index contributed by atoms with van der Waals surface area (Å²) in [6, 6.07) is 0.465. The minimum absolute atomic E-state index is 0.465. The fraction of sp³-hybridized carbons (Fsp3) is 0.812. The van der Waals surface area contributed by atoms with Crippen molar-refractivity contribution >= 4 is 0 Å². The Morgan fingerprint density at radius 2 is 2.00 bits per heavy atom. The smallest absolute Gasteiger partial charge is 0.0537 e. The molecule has 0 fully saturated rings. The van der Waals surface area contributed by atoms with E-state index in [0.717, 1.165) is 25.4 Å². The molecule has 19 heavy (non-hydrogen) atoms. The van der Waals surface area contributed by atoms with Crippen LogP contribution < -0.4 is 5.32 Å². The highest BCUT2D eigenvalue weighted by Gasteiger charge is 2.21. The zero-order valence-corrected chi connectivity index (χ0v) is 13.2. The fourth-order valence-electron chi connectivity index (χ4n) is 2.74. The van der Waals surface area contributed by atoms with E-state index >= 15 is 0 Å². The van der Waals surface area contributed by atoms with Crippen LogP contribution in [0.2, 0.25) is 0 Å². The number of rotatable bonds is 10. The van der Waals surface area contributed by atoms with Crippen LogP contribution >= 0.6 is 0 Å². The monoisotopic (exact) mass is 265 g/mol. The van der Waals surface area contributed by atoms with E-state index in [0.29, 0.717) is 6.04 Å². The lowest BCUT2D eigenvalue weighted by Gasteiger charge is -2.26. The number of aryl methyl sites for hydroxylation is 1. The Bertz CT molecular complexity index is 332. The molecule has 1 rings (SSSR count). The van der Waals surface area contributed by atoms with E-state index in [-0.39, 0.29) is 0 Å². The van der Waals surface area contributed by atoms with E-state index in [9.17, 15) is 0 Å². The zero-order chi connectivity index (χ0) is 14.1. The molecule has 1 aromatic heterocycles. The largest absolute Gasteiger partial charge is 0.310 e. The van der Waals surface area contributed by atoms with Gasteiger partial charge < -0.3 is 5.32 Å². The predicted octanol–water partition coefficient (Wildman–Crippen LogP) is 4.16. The molecule has 1 N–H and O–H groups in total. The van der Waals surface area contributed by atoms with Crippen LogP contribution in [0.1, 0.15) is 71.4 Å². The van der Waals surface area contributed by atoms with Gasteiger partial charge in [0, 0.05) is 24.3 Å². The minimum atomic E-state index is 0.465. The molecule has 0 aromatic carbocycles. The normalized spacial score (nSPS) is 14.5. The molecule has 2 atom stereocenters. The second-order valence-corrected chi connectivity index (χ2v) is 5.38. The van der Waals surface area contributed by atoms with Gasteiger partial charge in [0.2, 0.25) is 0 Å². The van der Waals surface area contributed by atoms with Crippen LogP contribution in [-0.2, 0) is 6.54 Å². The third-order valence-electron chi connectivity index (χ3n) is 3.81. The summed E-state index contributed by atoms with van der Waals surface area (Å²) in [7, 11) is 0. The molecule has 3 nitrogen and oxygen atoms in total. The van der Waals surface area contributed by atoms with Crippen LogP contribution in [-0.4, -0.2) is 16.3 Å². The van der Waals surface area contributed by atoms with Crippen molar-refractivity contribution in [2.45, 2.75) is 72.4 Å². The molecular formula is C16H31N3. The summed E-state index contributed by atoms with van der Waals surface area (Å²) in [5.74, 6) is 0.721. The van der Waals surface area contributed by atoms with E-state index in [1.165, 1.54) is 31.2 Å². The number of aromatic nitrogens is 2. The molecule has 1 aromatic rings. The summed E-state index contributed by atoms with van der Waals surface area (Å²) in [5, 5.41) is 8.14. The van der Waals surface area contributed by atoms with E-state index in [1.807, 2.05) is 0 Å². The molecule has 1 heterocycles. The Kier molecular flexibility index (Phi) is 7.80. The van der Waals surface area contributed by atoms with Gasteiger partial charge in [-0.05, 0) is 25.3 Å². The van der Waals surface area contributed by atoms with E-state index in [4.69, 9.17) is 0 Å². The van der Waals surface area contributed by atoms with Crippen LogP contribution in [0.4, 0.5) is 0 Å². The molecule has 0 aliphatic rings. The topological polar surface area (TPSA) is 29.9 Å². The second-order valence-electron chi connectivity index (χ2n) is 5.38. The van der Waals surface area contributed by atoms with E-state index in [1.54, 1.807) is 0 Å². The summed E-state index contributed by atoms with van der Waals surface area (Å²) in [4.78, 5) is 0. The second kappa shape index (κ2) is 9.13. The third-order valence-corrected chi connectivity index (χ3v) is 3.81. The first-order chi connectivity index (χ1) is 9.26. The van der Waals surface area contributed by atoms with Gasteiger partial charge in [-0.3, -0.25) is 4.68 Å². The quantitative estimate of drug-likeness (QED) is 0.688. The lowest BCUT2D eigenvalue weighted by molar-refractivity contribution is 0.327. The van der Waals surface area contributed by atoms with Crippen molar-refractivity contribution in [2.24, 2.45) is 5.92 Å². The summed E-state index contributed by atoms with van der Waals surface area (Å²) in [6.45, 7) is 11.0. The minimum Gasteiger partial charge on any atom is -0.310 e. The molecular weight excluding hydrogens is 234 g/mol. The average Bonchev–Trinajstić information content (AvgIpc) is 2.87. The lowest BCUT2D eigenvalue weighted by atomic mass is 9.88. The van der Waals surface area contributed by atoms with Crippen molar-refractivity contribution < 1.29 is 0 Å². The van der Waals surface area contributed by atoms with Gasteiger partial charge in [0.05, 0.1) is 6.20 Å². The van der Waals surface area contributed by atoms with Gasteiger partial charge in [0.1, 0.15) is 0 Å². The summed E-state index contributed by atoms with van der Waals surface area (Å²) < 4.78 is 2.08. The van der Waals surface area contributed by atoms with Gasteiger partial charge >= 0.3 is 0 Å². The number of nitrogens with zero attached hydrogens (tertiary/aromatic N) is 2. The third kappa shape index (κ3) is 4.98. The van der Waals surface area contributed by atoms with Crippen molar-refractivity contribution in [1.29, 1.82) is 0 Å². The van der Waals surface area contributed by atoms with E-state index < -0.39 is 0 Å². The van der Waals surface area contributed by atoms with Crippen molar-refractivity contribution in [1.82, 2.24) is 15.1 Å². The Labute approximate surface area is 118 Å². The van der Waals surface area contributed by atoms with Gasteiger partial charge in [-0.2, -0.15) is 5.10 Å². The first kappa shape index (κ1) is 16.2. The van der Waals surface area contributed by atoms with Crippen LogP contribution in [0.5, 0.6) is 0 Å². The molecule has 0 aliphatic heterocycles. The average molecular weight is 265 g/mol. The van der Waals surface area contributed by atoms with Crippen molar-refractivity contribution in [3.05, 3.63) is 18.0 Å². The predicted molar refractivity (Wildman–Crippen MR) is 82.2 cm³/mol. The van der Waals surface area contributed by atoms with Crippen molar-refractivity contribution in [3.8, 4) is 0 Å². The maximum absolute atomic E-state index is 4.48. The number of nitrogens with one attached hydrogen (secondary N) is 1.